The minimum Gasteiger partial charge on any atom is -0.461 e. The first-order chi connectivity index (χ1) is 20.8. The van der Waals surface area contributed by atoms with E-state index in [1.807, 2.05) is 35.2 Å². The van der Waals surface area contributed by atoms with Crippen LogP contribution in [0.5, 0.6) is 0 Å². The second-order valence-electron chi connectivity index (χ2n) is 9.12. The van der Waals surface area contributed by atoms with Gasteiger partial charge in [-0.2, -0.15) is 0 Å². The number of amides is 1. The molecular formula is C27H22N6O6S4. The minimum absolute atomic E-state index is 0.0727. The third-order valence-corrected chi connectivity index (χ3v) is 9.68. The summed E-state index contributed by atoms with van der Waals surface area (Å²) in [6.07, 6.45) is -0.843. The van der Waals surface area contributed by atoms with Crippen LogP contribution >= 0.6 is 45.3 Å². The van der Waals surface area contributed by atoms with E-state index in [0.717, 1.165) is 5.56 Å². The van der Waals surface area contributed by atoms with E-state index in [9.17, 15) is 14.4 Å². The summed E-state index contributed by atoms with van der Waals surface area (Å²) in [6, 6.07) is 3.41. The molecule has 1 amide bonds. The molecule has 12 nitrogen and oxygen atoms in total. The van der Waals surface area contributed by atoms with Crippen molar-refractivity contribution in [1.82, 2.24) is 30.2 Å². The first-order valence-corrected chi connectivity index (χ1v) is 16.4. The lowest BCUT2D eigenvalue weighted by Crippen LogP contribution is -2.20. The number of pyridine rings is 1. The first-order valence-electron chi connectivity index (χ1n) is 12.9. The van der Waals surface area contributed by atoms with Crippen molar-refractivity contribution < 1.29 is 28.6 Å². The number of hydrogen-bond acceptors (Lipinski definition) is 15. The number of cyclic esters (lactones) is 1. The van der Waals surface area contributed by atoms with Gasteiger partial charge in [0.1, 0.15) is 55.9 Å². The van der Waals surface area contributed by atoms with Crippen LogP contribution in [0.3, 0.4) is 0 Å². The lowest BCUT2D eigenvalue weighted by molar-refractivity contribution is -0.142. The number of carbonyl (C=O) groups is 3. The molecule has 1 N–H and O–H groups in total. The van der Waals surface area contributed by atoms with E-state index >= 15 is 0 Å². The van der Waals surface area contributed by atoms with Crippen LogP contribution in [0, 0.1) is 0 Å². The molecule has 0 unspecified atom stereocenters. The SMILES string of the molecule is CCOC(=O)c1csc(-c2csc(-c3ccc(-c4nc(COC(C)=O)cs4)c(-c4csc([C@H]5NC(=O)O[C@@H]5C)n4)n3)n2)n1. The van der Waals surface area contributed by atoms with E-state index in [4.69, 9.17) is 29.2 Å². The summed E-state index contributed by atoms with van der Waals surface area (Å²) in [7, 11) is 0. The van der Waals surface area contributed by atoms with Crippen molar-refractivity contribution in [1.29, 1.82) is 0 Å². The monoisotopic (exact) mass is 654 g/mol. The Kier molecular flexibility index (Phi) is 8.25. The van der Waals surface area contributed by atoms with Crippen molar-refractivity contribution in [2.24, 2.45) is 0 Å². The zero-order valence-corrected chi connectivity index (χ0v) is 26.1. The van der Waals surface area contributed by atoms with Crippen LogP contribution in [0.1, 0.15) is 48.0 Å². The lowest BCUT2D eigenvalue weighted by atomic mass is 10.1. The third-order valence-electron chi connectivity index (χ3n) is 6.10. The largest absolute Gasteiger partial charge is 0.461 e. The number of ether oxygens (including phenoxy) is 3. The molecule has 2 atom stereocenters. The molecule has 5 aromatic rings. The molecule has 1 saturated heterocycles. The predicted molar refractivity (Wildman–Crippen MR) is 162 cm³/mol. The Morgan fingerprint density at radius 1 is 0.884 bits per heavy atom. The van der Waals surface area contributed by atoms with Gasteiger partial charge >= 0.3 is 18.0 Å². The molecule has 0 aromatic carbocycles. The molecule has 0 spiro atoms. The molecule has 0 aliphatic carbocycles. The van der Waals surface area contributed by atoms with E-state index < -0.39 is 12.1 Å². The van der Waals surface area contributed by atoms with Crippen molar-refractivity contribution in [3.8, 4) is 43.4 Å². The van der Waals surface area contributed by atoms with Crippen LogP contribution in [0.15, 0.2) is 33.7 Å². The summed E-state index contributed by atoms with van der Waals surface area (Å²) in [5.41, 5.74) is 4.06. The van der Waals surface area contributed by atoms with Crippen molar-refractivity contribution >= 4 is 63.4 Å². The second-order valence-corrected chi connectivity index (χ2v) is 12.6. The highest BCUT2D eigenvalue weighted by atomic mass is 32.1. The fraction of sp³-hybridized carbons (Fsp3) is 0.259. The summed E-state index contributed by atoms with van der Waals surface area (Å²) in [5.74, 6) is -0.854. The number of esters is 2. The van der Waals surface area contributed by atoms with E-state index in [0.29, 0.717) is 48.5 Å². The van der Waals surface area contributed by atoms with Crippen LogP contribution in [-0.2, 0) is 25.6 Å². The van der Waals surface area contributed by atoms with E-state index in [-0.39, 0.29) is 37.0 Å². The molecule has 0 bridgehead atoms. The number of nitrogens with one attached hydrogen (secondary N) is 1. The van der Waals surface area contributed by atoms with Crippen molar-refractivity contribution in [3.05, 3.63) is 50.0 Å². The molecule has 0 saturated carbocycles. The van der Waals surface area contributed by atoms with Crippen molar-refractivity contribution in [3.63, 3.8) is 0 Å². The number of thiazole rings is 4. The molecule has 1 aliphatic rings. The molecular weight excluding hydrogens is 633 g/mol. The number of aromatic nitrogens is 5. The summed E-state index contributed by atoms with van der Waals surface area (Å²) in [5, 5.41) is 12.7. The highest BCUT2D eigenvalue weighted by Gasteiger charge is 2.34. The van der Waals surface area contributed by atoms with Gasteiger partial charge in [-0.3, -0.25) is 4.79 Å². The maximum atomic E-state index is 12.1. The fourth-order valence-corrected chi connectivity index (χ4v) is 7.49. The quantitative estimate of drug-likeness (QED) is 0.147. The van der Waals surface area contributed by atoms with Gasteiger partial charge < -0.3 is 19.5 Å². The van der Waals surface area contributed by atoms with Gasteiger partial charge in [0.25, 0.3) is 0 Å². The number of hydrogen-bond donors (Lipinski definition) is 1. The van der Waals surface area contributed by atoms with E-state index in [1.165, 1.54) is 52.3 Å². The van der Waals surface area contributed by atoms with Gasteiger partial charge in [-0.25, -0.2) is 34.5 Å². The van der Waals surface area contributed by atoms with Gasteiger partial charge in [0.05, 0.1) is 18.0 Å². The lowest BCUT2D eigenvalue weighted by Gasteiger charge is -2.09. The second kappa shape index (κ2) is 12.2. The molecule has 1 fully saturated rings. The summed E-state index contributed by atoms with van der Waals surface area (Å²) < 4.78 is 15.4. The van der Waals surface area contributed by atoms with Gasteiger partial charge in [-0.15, -0.1) is 45.3 Å². The normalized spacial score (nSPS) is 16.1. The summed E-state index contributed by atoms with van der Waals surface area (Å²) in [6.45, 7) is 5.25. The molecule has 5 aromatic heterocycles. The molecule has 43 heavy (non-hydrogen) atoms. The number of nitrogens with zero attached hydrogens (tertiary/aromatic N) is 5. The fourth-order valence-electron chi connectivity index (χ4n) is 4.12. The maximum Gasteiger partial charge on any atom is 0.408 e. The Hall–Kier alpha value is -4.12. The Morgan fingerprint density at radius 3 is 2.42 bits per heavy atom. The van der Waals surface area contributed by atoms with Crippen molar-refractivity contribution in [2.45, 2.75) is 39.5 Å². The van der Waals surface area contributed by atoms with Gasteiger partial charge in [0, 0.05) is 34.0 Å². The van der Waals surface area contributed by atoms with Crippen LogP contribution in [0.4, 0.5) is 4.79 Å². The summed E-state index contributed by atoms with van der Waals surface area (Å²) in [4.78, 5) is 58.7. The zero-order valence-electron chi connectivity index (χ0n) is 22.9. The third kappa shape index (κ3) is 6.17. The molecule has 0 radical (unpaired) electrons. The Balaban J connectivity index is 1.35. The molecule has 16 heteroatoms. The van der Waals surface area contributed by atoms with Crippen LogP contribution in [0.2, 0.25) is 0 Å². The van der Waals surface area contributed by atoms with Crippen LogP contribution < -0.4 is 5.32 Å². The highest BCUT2D eigenvalue weighted by molar-refractivity contribution is 7.15. The average molecular weight is 655 g/mol. The first kappa shape index (κ1) is 29.0. The standard InChI is InChI=1S/C27H22N6O6S4/c1-4-37-26(35)19-11-42-24(32-19)18-10-41-23(31-18)16-6-5-15(22-28-14(8-40-22)7-38-13(3)34)21(29-16)17-9-43-25(30-17)20-12(2)39-27(36)33-20/h5-6,8-12,20H,4,7H2,1-3H3,(H,33,36)/t12-,20+/m1/s1. The minimum atomic E-state index is -0.479. The van der Waals surface area contributed by atoms with E-state index in [2.05, 4.69) is 15.3 Å². The smallest absolute Gasteiger partial charge is 0.408 e. The average Bonchev–Trinajstić information content (AvgIpc) is 3.82. The zero-order chi connectivity index (χ0) is 30.1. The molecule has 6 heterocycles. The highest BCUT2D eigenvalue weighted by Crippen LogP contribution is 2.38. The van der Waals surface area contributed by atoms with Crippen LogP contribution in [-0.4, -0.2) is 55.7 Å². The summed E-state index contributed by atoms with van der Waals surface area (Å²) >= 11 is 5.52. The van der Waals surface area contributed by atoms with Gasteiger partial charge in [0.15, 0.2) is 5.69 Å². The van der Waals surface area contributed by atoms with E-state index in [1.54, 1.807) is 12.3 Å². The van der Waals surface area contributed by atoms with Crippen LogP contribution in [0.25, 0.3) is 43.4 Å². The Morgan fingerprint density at radius 2 is 1.65 bits per heavy atom. The topological polar surface area (TPSA) is 155 Å². The molecule has 6 rings (SSSR count). The predicted octanol–water partition coefficient (Wildman–Crippen LogP) is 5.98. The Bertz CT molecular complexity index is 1830. The van der Waals surface area contributed by atoms with Gasteiger partial charge in [0.2, 0.25) is 0 Å². The number of alkyl carbamates (subject to hydrolysis) is 1. The van der Waals surface area contributed by atoms with Gasteiger partial charge in [-0.1, -0.05) is 0 Å². The van der Waals surface area contributed by atoms with Crippen molar-refractivity contribution in [2.75, 3.05) is 6.61 Å². The number of rotatable bonds is 9. The van der Waals surface area contributed by atoms with Gasteiger partial charge in [-0.05, 0) is 26.0 Å². The Labute approximate surface area is 260 Å². The number of carbonyl (C=O) groups excluding carboxylic acids is 3. The maximum absolute atomic E-state index is 12.1. The molecule has 220 valence electrons. The molecule has 1 aliphatic heterocycles.